The molecule has 1 unspecified atom stereocenters. The van der Waals surface area contributed by atoms with Crippen LogP contribution in [0.3, 0.4) is 0 Å². The lowest BCUT2D eigenvalue weighted by Crippen LogP contribution is -2.34. The lowest BCUT2D eigenvalue weighted by Gasteiger charge is -2.32. The van der Waals surface area contributed by atoms with Gasteiger partial charge in [-0.1, -0.05) is 58.0 Å². The summed E-state index contributed by atoms with van der Waals surface area (Å²) >= 11 is 0. The third-order valence-corrected chi connectivity index (χ3v) is 6.18. The molecule has 3 aromatic rings. The van der Waals surface area contributed by atoms with E-state index in [4.69, 9.17) is 4.98 Å². The Kier molecular flexibility index (Phi) is 10.4. The minimum absolute atomic E-state index is 0.161. The van der Waals surface area contributed by atoms with E-state index in [0.29, 0.717) is 11.8 Å². The molecule has 6 heteroatoms. The zero-order chi connectivity index (χ0) is 24.3. The summed E-state index contributed by atoms with van der Waals surface area (Å²) in [5, 5.41) is 0. The van der Waals surface area contributed by atoms with Crippen LogP contribution in [0.2, 0.25) is 0 Å². The highest BCUT2D eigenvalue weighted by Crippen LogP contribution is 2.25. The number of benzene rings is 1. The first kappa shape index (κ1) is 26.2. The Morgan fingerprint density at radius 3 is 2.21 bits per heavy atom. The number of hydrogen-bond acceptors (Lipinski definition) is 4. The SMILES string of the molecule is CC(C)CN(CCCCN(Cc1ccccc1)C(Cc1ncc[nH]1)c1nccn1C)CC(C)C. The van der Waals surface area contributed by atoms with Gasteiger partial charge in [0.05, 0.1) is 6.04 Å². The standard InChI is InChI=1S/C28H44N6/c1-23(2)20-33(21-24(3)4)16-9-10-17-34(22-25-11-7-6-8-12-25)26(19-27-29-13-14-30-27)28-31-15-18-32(28)5/h6-8,11-15,18,23-24,26H,9-10,16-17,19-22H2,1-5H3,(H,29,30). The first-order valence-electron chi connectivity index (χ1n) is 12.9. The highest BCUT2D eigenvalue weighted by Gasteiger charge is 2.25. The predicted molar refractivity (Wildman–Crippen MR) is 140 cm³/mol. The number of imidazole rings is 2. The van der Waals surface area contributed by atoms with Gasteiger partial charge in [-0.05, 0) is 43.3 Å². The van der Waals surface area contributed by atoms with Gasteiger partial charge < -0.3 is 14.5 Å². The van der Waals surface area contributed by atoms with Crippen molar-refractivity contribution >= 4 is 0 Å². The Balaban J connectivity index is 1.73. The number of rotatable bonds is 15. The molecule has 0 spiro atoms. The number of nitrogens with zero attached hydrogens (tertiary/aromatic N) is 5. The van der Waals surface area contributed by atoms with Crippen molar-refractivity contribution in [1.82, 2.24) is 29.3 Å². The van der Waals surface area contributed by atoms with Crippen LogP contribution in [0.1, 0.15) is 63.8 Å². The van der Waals surface area contributed by atoms with Crippen LogP contribution in [0, 0.1) is 11.8 Å². The van der Waals surface area contributed by atoms with Crippen LogP contribution in [-0.4, -0.2) is 55.5 Å². The van der Waals surface area contributed by atoms with Crippen LogP contribution in [-0.2, 0) is 20.0 Å². The zero-order valence-corrected chi connectivity index (χ0v) is 21.8. The van der Waals surface area contributed by atoms with Crippen molar-refractivity contribution in [3.8, 4) is 0 Å². The summed E-state index contributed by atoms with van der Waals surface area (Å²) in [5.74, 6) is 3.50. The molecule has 0 fully saturated rings. The lowest BCUT2D eigenvalue weighted by atomic mass is 10.1. The van der Waals surface area contributed by atoms with E-state index >= 15 is 0 Å². The summed E-state index contributed by atoms with van der Waals surface area (Å²) in [5.41, 5.74) is 1.34. The van der Waals surface area contributed by atoms with Gasteiger partial charge in [-0.2, -0.15) is 0 Å². The number of hydrogen-bond donors (Lipinski definition) is 1. The number of aromatic nitrogens is 4. The average molecular weight is 465 g/mol. The fourth-order valence-electron chi connectivity index (χ4n) is 4.78. The monoisotopic (exact) mass is 464 g/mol. The molecule has 0 aliphatic carbocycles. The highest BCUT2D eigenvalue weighted by molar-refractivity contribution is 5.15. The van der Waals surface area contributed by atoms with E-state index in [2.05, 4.69) is 89.4 Å². The molecular formula is C28H44N6. The van der Waals surface area contributed by atoms with E-state index < -0.39 is 0 Å². The predicted octanol–water partition coefficient (Wildman–Crippen LogP) is 5.32. The molecule has 0 amide bonds. The number of nitrogens with one attached hydrogen (secondary N) is 1. The van der Waals surface area contributed by atoms with Gasteiger partial charge in [0.25, 0.3) is 0 Å². The Morgan fingerprint density at radius 2 is 1.62 bits per heavy atom. The Morgan fingerprint density at radius 1 is 0.912 bits per heavy atom. The number of aromatic amines is 1. The van der Waals surface area contributed by atoms with E-state index in [1.54, 1.807) is 0 Å². The summed E-state index contributed by atoms with van der Waals surface area (Å²) in [6, 6.07) is 11.0. The summed E-state index contributed by atoms with van der Waals surface area (Å²) in [7, 11) is 2.09. The lowest BCUT2D eigenvalue weighted by molar-refractivity contribution is 0.163. The fraction of sp³-hybridized carbons (Fsp3) is 0.571. The Hall–Kier alpha value is -2.44. The first-order chi connectivity index (χ1) is 16.4. The Labute approximate surface area is 206 Å². The molecule has 1 N–H and O–H groups in total. The minimum atomic E-state index is 0.161. The maximum absolute atomic E-state index is 4.75. The molecule has 2 heterocycles. The third-order valence-electron chi connectivity index (χ3n) is 6.18. The van der Waals surface area contributed by atoms with Gasteiger partial charge in [0.15, 0.2) is 0 Å². The molecular weight excluding hydrogens is 420 g/mol. The second-order valence-corrected chi connectivity index (χ2v) is 10.4. The van der Waals surface area contributed by atoms with Crippen molar-refractivity contribution in [2.45, 2.75) is 59.5 Å². The van der Waals surface area contributed by atoms with Crippen molar-refractivity contribution in [2.75, 3.05) is 26.2 Å². The molecule has 1 atom stereocenters. The highest BCUT2D eigenvalue weighted by atomic mass is 15.2. The quantitative estimate of drug-likeness (QED) is 0.309. The van der Waals surface area contributed by atoms with E-state index in [1.807, 2.05) is 24.8 Å². The normalized spacial score (nSPS) is 13.0. The maximum atomic E-state index is 4.75. The molecule has 0 aliphatic heterocycles. The van der Waals surface area contributed by atoms with Crippen molar-refractivity contribution in [2.24, 2.45) is 18.9 Å². The minimum Gasteiger partial charge on any atom is -0.349 e. The van der Waals surface area contributed by atoms with Crippen LogP contribution >= 0.6 is 0 Å². The van der Waals surface area contributed by atoms with Crippen LogP contribution in [0.5, 0.6) is 0 Å². The molecule has 0 saturated carbocycles. The van der Waals surface area contributed by atoms with Crippen LogP contribution < -0.4 is 0 Å². The molecule has 3 rings (SSSR count). The summed E-state index contributed by atoms with van der Waals surface area (Å²) in [6.07, 6.45) is 10.9. The van der Waals surface area contributed by atoms with E-state index in [9.17, 15) is 0 Å². The summed E-state index contributed by atoms with van der Waals surface area (Å²) in [6.45, 7) is 14.7. The molecule has 0 radical (unpaired) electrons. The summed E-state index contributed by atoms with van der Waals surface area (Å²) in [4.78, 5) is 17.8. The molecule has 2 aromatic heterocycles. The zero-order valence-electron chi connectivity index (χ0n) is 21.8. The fourth-order valence-corrected chi connectivity index (χ4v) is 4.78. The number of unbranched alkanes of at least 4 members (excludes halogenated alkanes) is 1. The number of H-pyrrole nitrogens is 1. The second kappa shape index (κ2) is 13.4. The van der Waals surface area contributed by atoms with E-state index in [-0.39, 0.29) is 6.04 Å². The van der Waals surface area contributed by atoms with Crippen molar-refractivity contribution in [3.05, 3.63) is 72.3 Å². The van der Waals surface area contributed by atoms with Gasteiger partial charge in [-0.3, -0.25) is 4.90 Å². The third kappa shape index (κ3) is 8.41. The van der Waals surface area contributed by atoms with E-state index in [1.165, 1.54) is 38.0 Å². The van der Waals surface area contributed by atoms with Crippen molar-refractivity contribution in [3.63, 3.8) is 0 Å². The van der Waals surface area contributed by atoms with Gasteiger partial charge in [0.1, 0.15) is 11.6 Å². The van der Waals surface area contributed by atoms with Crippen molar-refractivity contribution in [1.29, 1.82) is 0 Å². The molecule has 1 aromatic carbocycles. The first-order valence-corrected chi connectivity index (χ1v) is 12.9. The topological polar surface area (TPSA) is 53.0 Å². The maximum Gasteiger partial charge on any atom is 0.126 e. The molecule has 0 aliphatic rings. The number of aryl methyl sites for hydroxylation is 1. The van der Waals surface area contributed by atoms with Crippen molar-refractivity contribution < 1.29 is 0 Å². The molecule has 186 valence electrons. The average Bonchev–Trinajstić information content (AvgIpc) is 3.45. The molecule has 0 saturated heterocycles. The van der Waals surface area contributed by atoms with Gasteiger partial charge >= 0.3 is 0 Å². The van der Waals surface area contributed by atoms with Crippen LogP contribution in [0.25, 0.3) is 0 Å². The molecule has 0 bridgehead atoms. The van der Waals surface area contributed by atoms with Gasteiger partial charge in [-0.15, -0.1) is 0 Å². The second-order valence-electron chi connectivity index (χ2n) is 10.4. The molecule has 34 heavy (non-hydrogen) atoms. The molecule has 6 nitrogen and oxygen atoms in total. The van der Waals surface area contributed by atoms with Crippen LogP contribution in [0.15, 0.2) is 55.1 Å². The summed E-state index contributed by atoms with van der Waals surface area (Å²) < 4.78 is 2.15. The smallest absolute Gasteiger partial charge is 0.126 e. The van der Waals surface area contributed by atoms with Crippen LogP contribution in [0.4, 0.5) is 0 Å². The van der Waals surface area contributed by atoms with Gasteiger partial charge in [0.2, 0.25) is 0 Å². The largest absolute Gasteiger partial charge is 0.349 e. The Bertz CT molecular complexity index is 906. The van der Waals surface area contributed by atoms with E-state index in [0.717, 1.165) is 31.2 Å². The van der Waals surface area contributed by atoms with Gasteiger partial charge in [-0.25, -0.2) is 9.97 Å². The van der Waals surface area contributed by atoms with Gasteiger partial charge in [0, 0.05) is 57.9 Å².